The van der Waals surface area contributed by atoms with Crippen molar-refractivity contribution in [1.82, 2.24) is 5.43 Å². The molecule has 124 valence electrons. The predicted molar refractivity (Wildman–Crippen MR) is 94.7 cm³/mol. The van der Waals surface area contributed by atoms with Gasteiger partial charge in [0.15, 0.2) is 11.5 Å². The summed E-state index contributed by atoms with van der Waals surface area (Å²) in [5.74, 6) is 4.55. The van der Waals surface area contributed by atoms with Crippen LogP contribution >= 0.6 is 0 Å². The summed E-state index contributed by atoms with van der Waals surface area (Å²) in [6, 6.07) is 13.3. The molecule has 0 aliphatic carbocycles. The quantitative estimate of drug-likeness (QED) is 0.461. The first-order chi connectivity index (χ1) is 11.8. The number of hydrazone groups is 1. The van der Waals surface area contributed by atoms with Gasteiger partial charge in [0.1, 0.15) is 12.4 Å². The first-order valence-electron chi connectivity index (χ1n) is 7.40. The first kappa shape index (κ1) is 17.2. The lowest BCUT2D eigenvalue weighted by Crippen LogP contribution is -2.06. The van der Waals surface area contributed by atoms with Gasteiger partial charge in [0.2, 0.25) is 0 Å². The summed E-state index contributed by atoms with van der Waals surface area (Å²) in [6.45, 7) is 0.822. The average Bonchev–Trinajstić information content (AvgIpc) is 2.63. The van der Waals surface area contributed by atoms with Crippen LogP contribution in [-0.4, -0.2) is 27.0 Å². The predicted octanol–water partition coefficient (Wildman–Crippen LogP) is 2.84. The second-order valence-electron chi connectivity index (χ2n) is 4.85. The number of ether oxygens (including phenoxy) is 3. The van der Waals surface area contributed by atoms with Crippen LogP contribution in [0.15, 0.2) is 47.6 Å². The van der Waals surface area contributed by atoms with Crippen molar-refractivity contribution in [2.75, 3.05) is 20.8 Å². The number of benzene rings is 2. The van der Waals surface area contributed by atoms with E-state index in [1.807, 2.05) is 42.5 Å². The van der Waals surface area contributed by atoms with Crippen LogP contribution in [0.3, 0.4) is 0 Å². The van der Waals surface area contributed by atoms with Gasteiger partial charge in [0.25, 0.3) is 0 Å². The van der Waals surface area contributed by atoms with Crippen molar-refractivity contribution in [2.45, 2.75) is 6.54 Å². The Balaban J connectivity index is 1.92. The van der Waals surface area contributed by atoms with E-state index < -0.39 is 0 Å². The third kappa shape index (κ3) is 4.96. The summed E-state index contributed by atoms with van der Waals surface area (Å²) in [5.41, 5.74) is 4.96. The number of rotatable bonds is 8. The van der Waals surface area contributed by atoms with E-state index in [4.69, 9.17) is 20.6 Å². The second-order valence-corrected chi connectivity index (χ2v) is 4.85. The molecule has 0 bridgehead atoms. The van der Waals surface area contributed by atoms with Crippen LogP contribution in [0.4, 0.5) is 0 Å². The molecule has 5 nitrogen and oxygen atoms in total. The third-order valence-corrected chi connectivity index (χ3v) is 3.22. The van der Waals surface area contributed by atoms with Crippen molar-refractivity contribution < 1.29 is 14.2 Å². The van der Waals surface area contributed by atoms with Gasteiger partial charge in [-0.1, -0.05) is 24.1 Å². The van der Waals surface area contributed by atoms with Gasteiger partial charge < -0.3 is 19.6 Å². The van der Waals surface area contributed by atoms with E-state index in [0.29, 0.717) is 18.0 Å². The smallest absolute Gasteiger partial charge is 0.161 e. The number of methoxy groups -OCH3 is 2. The summed E-state index contributed by atoms with van der Waals surface area (Å²) in [7, 11) is 3.23. The molecule has 0 atom stereocenters. The van der Waals surface area contributed by atoms with Gasteiger partial charge in [0, 0.05) is 0 Å². The van der Waals surface area contributed by atoms with Crippen molar-refractivity contribution in [2.24, 2.45) is 5.10 Å². The molecule has 0 fully saturated rings. The highest BCUT2D eigenvalue weighted by molar-refractivity contribution is 5.79. The zero-order valence-electron chi connectivity index (χ0n) is 13.8. The van der Waals surface area contributed by atoms with Crippen LogP contribution in [0.25, 0.3) is 0 Å². The van der Waals surface area contributed by atoms with E-state index >= 15 is 0 Å². The number of terminal acetylenes is 1. The fourth-order valence-corrected chi connectivity index (χ4v) is 2.06. The number of hydrogen-bond donors (Lipinski definition) is 1. The minimum Gasteiger partial charge on any atom is -0.493 e. The largest absolute Gasteiger partial charge is 0.493 e. The molecule has 0 radical (unpaired) electrons. The van der Waals surface area contributed by atoms with Gasteiger partial charge >= 0.3 is 0 Å². The molecule has 2 aromatic carbocycles. The lowest BCUT2D eigenvalue weighted by Gasteiger charge is -2.09. The summed E-state index contributed by atoms with van der Waals surface area (Å²) in [5, 5.41) is 4.21. The first-order valence-corrected chi connectivity index (χ1v) is 7.40. The Kier molecular flexibility index (Phi) is 6.54. The van der Waals surface area contributed by atoms with Gasteiger partial charge in [-0.2, -0.15) is 5.10 Å². The lowest BCUT2D eigenvalue weighted by molar-refractivity contribution is 0.354. The minimum absolute atomic E-state index is 0.248. The Morgan fingerprint density at radius 3 is 2.71 bits per heavy atom. The average molecular weight is 324 g/mol. The molecule has 0 spiro atoms. The highest BCUT2D eigenvalue weighted by Gasteiger charge is 2.03. The zero-order valence-corrected chi connectivity index (χ0v) is 13.8. The molecule has 2 rings (SSSR count). The monoisotopic (exact) mass is 324 g/mol. The Morgan fingerprint density at radius 1 is 1.12 bits per heavy atom. The summed E-state index contributed by atoms with van der Waals surface area (Å²) < 4.78 is 15.9. The van der Waals surface area contributed by atoms with E-state index in [1.54, 1.807) is 20.4 Å². The van der Waals surface area contributed by atoms with Crippen LogP contribution in [0.5, 0.6) is 17.2 Å². The highest BCUT2D eigenvalue weighted by Crippen LogP contribution is 2.27. The Morgan fingerprint density at radius 2 is 1.96 bits per heavy atom. The van der Waals surface area contributed by atoms with Gasteiger partial charge in [-0.05, 0) is 35.4 Å². The number of hydrogen-bond acceptors (Lipinski definition) is 5. The summed E-state index contributed by atoms with van der Waals surface area (Å²) in [4.78, 5) is 0. The van der Waals surface area contributed by atoms with E-state index in [1.165, 1.54) is 0 Å². The van der Waals surface area contributed by atoms with Crippen molar-refractivity contribution in [1.29, 1.82) is 0 Å². The molecule has 0 unspecified atom stereocenters. The van der Waals surface area contributed by atoms with Gasteiger partial charge in [-0.15, -0.1) is 6.42 Å². The fourth-order valence-electron chi connectivity index (χ4n) is 2.06. The SMILES string of the molecule is C#CCOc1cccc(/C=N/NCc2ccc(OC)c(OC)c2)c1. The molecular weight excluding hydrogens is 304 g/mol. The van der Waals surface area contributed by atoms with Crippen molar-refractivity contribution in [3.63, 3.8) is 0 Å². The fraction of sp³-hybridized carbons (Fsp3) is 0.211. The maximum Gasteiger partial charge on any atom is 0.161 e. The van der Waals surface area contributed by atoms with Crippen LogP contribution in [-0.2, 0) is 6.54 Å². The van der Waals surface area contributed by atoms with Crippen LogP contribution < -0.4 is 19.6 Å². The van der Waals surface area contributed by atoms with E-state index in [2.05, 4.69) is 16.4 Å². The molecule has 5 heteroatoms. The standard InChI is InChI=1S/C19H20N2O3/c1-4-10-24-17-7-5-6-15(11-17)13-20-21-14-16-8-9-18(22-2)19(12-16)23-3/h1,5-9,11-13,21H,10,14H2,2-3H3/b20-13+. The van der Waals surface area contributed by atoms with Gasteiger partial charge in [-0.3, -0.25) is 0 Å². The third-order valence-electron chi connectivity index (χ3n) is 3.22. The maximum atomic E-state index is 5.37. The van der Waals surface area contributed by atoms with Crippen LogP contribution in [0.2, 0.25) is 0 Å². The molecule has 24 heavy (non-hydrogen) atoms. The van der Waals surface area contributed by atoms with Gasteiger partial charge in [0.05, 0.1) is 27.0 Å². The molecule has 0 saturated heterocycles. The Labute approximate surface area is 142 Å². The minimum atomic E-state index is 0.248. The molecule has 0 aliphatic heterocycles. The molecule has 0 aliphatic rings. The molecular formula is C19H20N2O3. The van der Waals surface area contributed by atoms with Crippen LogP contribution in [0, 0.1) is 12.3 Å². The molecule has 0 saturated carbocycles. The highest BCUT2D eigenvalue weighted by atomic mass is 16.5. The van der Waals surface area contributed by atoms with Crippen LogP contribution in [0.1, 0.15) is 11.1 Å². The Hall–Kier alpha value is -3.13. The molecule has 1 N–H and O–H groups in total. The second kappa shape index (κ2) is 9.11. The normalized spacial score (nSPS) is 10.2. The number of nitrogens with zero attached hydrogens (tertiary/aromatic N) is 1. The summed E-state index contributed by atoms with van der Waals surface area (Å²) >= 11 is 0. The van der Waals surface area contributed by atoms with Crippen molar-refractivity contribution >= 4 is 6.21 Å². The lowest BCUT2D eigenvalue weighted by atomic mass is 10.2. The molecule has 2 aromatic rings. The van der Waals surface area contributed by atoms with Gasteiger partial charge in [-0.25, -0.2) is 0 Å². The zero-order chi connectivity index (χ0) is 17.2. The van der Waals surface area contributed by atoms with E-state index in [9.17, 15) is 0 Å². The summed E-state index contributed by atoms with van der Waals surface area (Å²) in [6.07, 6.45) is 6.90. The van der Waals surface area contributed by atoms with Crippen molar-refractivity contribution in [3.05, 3.63) is 53.6 Å². The molecule has 0 heterocycles. The number of nitrogens with one attached hydrogen (secondary N) is 1. The topological polar surface area (TPSA) is 52.1 Å². The van der Waals surface area contributed by atoms with E-state index in [0.717, 1.165) is 16.9 Å². The molecule has 0 amide bonds. The Bertz CT molecular complexity index is 736. The maximum absolute atomic E-state index is 5.37. The molecule has 0 aromatic heterocycles. The van der Waals surface area contributed by atoms with Crippen molar-refractivity contribution in [3.8, 4) is 29.6 Å². The van der Waals surface area contributed by atoms with E-state index in [-0.39, 0.29) is 6.61 Å².